The van der Waals surface area contributed by atoms with E-state index in [0.717, 1.165) is 31.2 Å². The molecule has 0 radical (unpaired) electrons. The lowest BCUT2D eigenvalue weighted by Crippen LogP contribution is -2.41. The second-order valence-corrected chi connectivity index (χ2v) is 5.75. The van der Waals surface area contributed by atoms with Crippen LogP contribution in [0.3, 0.4) is 0 Å². The minimum absolute atomic E-state index is 0.148. The molecule has 4 nitrogen and oxygen atoms in total. The van der Waals surface area contributed by atoms with Crippen molar-refractivity contribution in [3.05, 3.63) is 23.8 Å². The summed E-state index contributed by atoms with van der Waals surface area (Å²) in [6.45, 7) is 9.65. The molecule has 2 heterocycles. The molecule has 3 rings (SSSR count). The molecule has 1 aromatic carbocycles. The van der Waals surface area contributed by atoms with Crippen molar-refractivity contribution in [2.75, 3.05) is 26.5 Å². The maximum Gasteiger partial charge on any atom is 0.231 e. The van der Waals surface area contributed by atoms with E-state index in [1.54, 1.807) is 0 Å². The Hall–Kier alpha value is -1.26. The Kier molecular flexibility index (Phi) is 3.15. The summed E-state index contributed by atoms with van der Waals surface area (Å²) in [4.78, 5) is 2.39. The van der Waals surface area contributed by atoms with Crippen LogP contribution in [0.25, 0.3) is 0 Å². The monoisotopic (exact) mass is 263 g/mol. The van der Waals surface area contributed by atoms with E-state index in [4.69, 9.17) is 14.2 Å². The van der Waals surface area contributed by atoms with Crippen molar-refractivity contribution < 1.29 is 14.2 Å². The fraction of sp³-hybridized carbons (Fsp3) is 0.600. The number of fused-ring (bicyclic) bond motifs is 1. The molecule has 0 aromatic heterocycles. The number of ether oxygens (including phenoxy) is 3. The normalized spacial score (nSPS) is 22.7. The van der Waals surface area contributed by atoms with Gasteiger partial charge in [0.1, 0.15) is 5.72 Å². The van der Waals surface area contributed by atoms with Gasteiger partial charge in [-0.1, -0.05) is 13.0 Å². The minimum atomic E-state index is -0.148. The molecule has 4 heteroatoms. The van der Waals surface area contributed by atoms with Crippen molar-refractivity contribution in [2.24, 2.45) is 0 Å². The Labute approximate surface area is 114 Å². The first-order chi connectivity index (χ1) is 9.06. The molecule has 1 saturated heterocycles. The van der Waals surface area contributed by atoms with Crippen LogP contribution < -0.4 is 9.47 Å². The van der Waals surface area contributed by atoms with Crippen molar-refractivity contribution in [1.29, 1.82) is 0 Å². The molecule has 2 aliphatic rings. The van der Waals surface area contributed by atoms with Crippen molar-refractivity contribution in [1.82, 2.24) is 4.90 Å². The van der Waals surface area contributed by atoms with E-state index in [2.05, 4.69) is 37.8 Å². The first-order valence-electron chi connectivity index (χ1n) is 6.85. The fourth-order valence-electron chi connectivity index (χ4n) is 2.73. The number of rotatable bonds is 3. The standard InChI is InChI=1S/C15H21NO3/c1-11(9-16-6-7-19-15(16,2)3)12-4-5-13-14(8-12)18-10-17-13/h4-5,8,11H,6-7,9-10H2,1-3H3. The van der Waals surface area contributed by atoms with Crippen LogP contribution in [0.2, 0.25) is 0 Å². The second kappa shape index (κ2) is 4.69. The highest BCUT2D eigenvalue weighted by Crippen LogP contribution is 2.35. The summed E-state index contributed by atoms with van der Waals surface area (Å²) in [7, 11) is 0. The molecule has 1 aromatic rings. The van der Waals surface area contributed by atoms with Crippen LogP contribution >= 0.6 is 0 Å². The average molecular weight is 263 g/mol. The van der Waals surface area contributed by atoms with E-state index in [1.165, 1.54) is 5.56 Å². The van der Waals surface area contributed by atoms with E-state index >= 15 is 0 Å². The molecule has 104 valence electrons. The van der Waals surface area contributed by atoms with Gasteiger partial charge in [-0.15, -0.1) is 0 Å². The lowest BCUT2D eigenvalue weighted by molar-refractivity contribution is -0.0515. The first-order valence-corrected chi connectivity index (χ1v) is 6.85. The Morgan fingerprint density at radius 1 is 1.26 bits per heavy atom. The highest BCUT2D eigenvalue weighted by Gasteiger charge is 2.33. The molecule has 0 bridgehead atoms. The van der Waals surface area contributed by atoms with Crippen molar-refractivity contribution in [3.63, 3.8) is 0 Å². The lowest BCUT2D eigenvalue weighted by atomic mass is 9.99. The zero-order valence-electron chi connectivity index (χ0n) is 11.8. The molecule has 0 amide bonds. The SMILES string of the molecule is CC(CN1CCOC1(C)C)c1ccc2c(c1)OCO2. The van der Waals surface area contributed by atoms with Gasteiger partial charge in [-0.05, 0) is 37.5 Å². The lowest BCUT2D eigenvalue weighted by Gasteiger charge is -2.32. The number of hydrogen-bond donors (Lipinski definition) is 0. The number of nitrogens with zero attached hydrogens (tertiary/aromatic N) is 1. The third-order valence-electron chi connectivity index (χ3n) is 4.04. The van der Waals surface area contributed by atoms with Crippen LogP contribution in [0, 0.1) is 0 Å². The number of benzene rings is 1. The van der Waals surface area contributed by atoms with Crippen molar-refractivity contribution in [2.45, 2.75) is 32.4 Å². The average Bonchev–Trinajstić information content (AvgIpc) is 2.95. The van der Waals surface area contributed by atoms with Gasteiger partial charge in [0.05, 0.1) is 6.61 Å². The third kappa shape index (κ3) is 2.42. The maximum atomic E-state index is 5.74. The van der Waals surface area contributed by atoms with E-state index in [-0.39, 0.29) is 5.72 Å². The van der Waals surface area contributed by atoms with Crippen LogP contribution in [0.1, 0.15) is 32.3 Å². The van der Waals surface area contributed by atoms with Crippen LogP contribution in [0.5, 0.6) is 11.5 Å². The molecule has 1 unspecified atom stereocenters. The van der Waals surface area contributed by atoms with Gasteiger partial charge < -0.3 is 14.2 Å². The Morgan fingerprint density at radius 3 is 2.79 bits per heavy atom. The largest absolute Gasteiger partial charge is 0.454 e. The Balaban J connectivity index is 1.72. The van der Waals surface area contributed by atoms with E-state index in [0.29, 0.717) is 12.7 Å². The van der Waals surface area contributed by atoms with Gasteiger partial charge in [-0.25, -0.2) is 0 Å². The number of hydrogen-bond acceptors (Lipinski definition) is 4. The van der Waals surface area contributed by atoms with Crippen LogP contribution in [-0.2, 0) is 4.74 Å². The zero-order valence-corrected chi connectivity index (χ0v) is 11.8. The molecule has 19 heavy (non-hydrogen) atoms. The zero-order chi connectivity index (χ0) is 13.5. The summed E-state index contributed by atoms with van der Waals surface area (Å²) >= 11 is 0. The summed E-state index contributed by atoms with van der Waals surface area (Å²) < 4.78 is 16.5. The topological polar surface area (TPSA) is 30.9 Å². The summed E-state index contributed by atoms with van der Waals surface area (Å²) in [5.74, 6) is 2.15. The molecule has 0 spiro atoms. The van der Waals surface area contributed by atoms with Crippen LogP contribution in [-0.4, -0.2) is 37.1 Å². The molecular weight excluding hydrogens is 242 g/mol. The summed E-state index contributed by atoms with van der Waals surface area (Å²) in [6.07, 6.45) is 0. The molecule has 1 fully saturated rings. The Morgan fingerprint density at radius 2 is 2.05 bits per heavy atom. The van der Waals surface area contributed by atoms with Crippen LogP contribution in [0.15, 0.2) is 18.2 Å². The molecule has 0 aliphatic carbocycles. The predicted molar refractivity (Wildman–Crippen MR) is 72.6 cm³/mol. The minimum Gasteiger partial charge on any atom is -0.454 e. The molecule has 0 N–H and O–H groups in total. The summed E-state index contributed by atoms with van der Waals surface area (Å²) in [6, 6.07) is 6.22. The molecular formula is C15H21NO3. The van der Waals surface area contributed by atoms with Gasteiger partial charge in [0.15, 0.2) is 11.5 Å². The smallest absolute Gasteiger partial charge is 0.231 e. The van der Waals surface area contributed by atoms with Gasteiger partial charge in [0.25, 0.3) is 0 Å². The Bertz CT molecular complexity index is 472. The van der Waals surface area contributed by atoms with Crippen molar-refractivity contribution in [3.8, 4) is 11.5 Å². The van der Waals surface area contributed by atoms with Gasteiger partial charge in [-0.3, -0.25) is 4.90 Å². The quantitative estimate of drug-likeness (QED) is 0.838. The molecule has 0 saturated carbocycles. The van der Waals surface area contributed by atoms with Gasteiger partial charge in [0.2, 0.25) is 6.79 Å². The van der Waals surface area contributed by atoms with E-state index < -0.39 is 0 Å². The summed E-state index contributed by atoms with van der Waals surface area (Å²) in [5.41, 5.74) is 1.14. The predicted octanol–water partition coefficient (Wildman–Crippen LogP) is 2.59. The van der Waals surface area contributed by atoms with E-state index in [1.807, 2.05) is 6.07 Å². The molecule has 1 atom stereocenters. The van der Waals surface area contributed by atoms with Gasteiger partial charge in [-0.2, -0.15) is 0 Å². The van der Waals surface area contributed by atoms with Gasteiger partial charge in [0, 0.05) is 13.1 Å². The highest BCUT2D eigenvalue weighted by atomic mass is 16.7. The highest BCUT2D eigenvalue weighted by molar-refractivity contribution is 5.45. The fourth-order valence-corrected chi connectivity index (χ4v) is 2.73. The van der Waals surface area contributed by atoms with Crippen molar-refractivity contribution >= 4 is 0 Å². The maximum absolute atomic E-state index is 5.74. The second-order valence-electron chi connectivity index (χ2n) is 5.75. The third-order valence-corrected chi connectivity index (χ3v) is 4.04. The van der Waals surface area contributed by atoms with Gasteiger partial charge >= 0.3 is 0 Å². The van der Waals surface area contributed by atoms with E-state index in [9.17, 15) is 0 Å². The molecule has 2 aliphatic heterocycles. The van der Waals surface area contributed by atoms with Crippen LogP contribution in [0.4, 0.5) is 0 Å². The summed E-state index contributed by atoms with van der Waals surface area (Å²) in [5, 5.41) is 0. The first kappa shape index (κ1) is 12.8.